The van der Waals surface area contributed by atoms with E-state index in [1.807, 2.05) is 0 Å². The molecule has 2 N–H and O–H groups in total. The van der Waals surface area contributed by atoms with Crippen molar-refractivity contribution in [3.8, 4) is 0 Å². The summed E-state index contributed by atoms with van der Waals surface area (Å²) >= 11 is 3.26. The topological polar surface area (TPSA) is 66.4 Å². The number of hydrogen-bond acceptors (Lipinski definition) is 3. The molecule has 0 saturated heterocycles. The number of aliphatic hydroxyl groups excluding tert-OH is 1. The van der Waals surface area contributed by atoms with E-state index in [-0.39, 0.29) is 23.5 Å². The number of aliphatic hydroxyl groups is 1. The monoisotopic (exact) mass is 347 g/mol. The predicted molar refractivity (Wildman–Crippen MR) is 77.3 cm³/mol. The highest BCUT2D eigenvalue weighted by atomic mass is 79.9. The molecule has 0 radical (unpaired) electrons. The van der Waals surface area contributed by atoms with Gasteiger partial charge < -0.3 is 5.11 Å². The van der Waals surface area contributed by atoms with Crippen LogP contribution in [0.3, 0.4) is 0 Å². The molecule has 1 aliphatic rings. The summed E-state index contributed by atoms with van der Waals surface area (Å²) in [5.41, 5.74) is 0. The minimum atomic E-state index is -3.54. The second-order valence-electron chi connectivity index (χ2n) is 4.89. The number of hydrogen-bond donors (Lipinski definition) is 2. The van der Waals surface area contributed by atoms with E-state index in [9.17, 15) is 13.5 Å². The van der Waals surface area contributed by atoms with E-state index in [0.29, 0.717) is 4.47 Å². The van der Waals surface area contributed by atoms with E-state index in [2.05, 4.69) is 20.7 Å². The van der Waals surface area contributed by atoms with Crippen LogP contribution in [0, 0.1) is 5.92 Å². The smallest absolute Gasteiger partial charge is 0.241 e. The van der Waals surface area contributed by atoms with Crippen molar-refractivity contribution in [2.24, 2.45) is 5.92 Å². The molecule has 0 bridgehead atoms. The van der Waals surface area contributed by atoms with E-state index < -0.39 is 10.0 Å². The molecule has 0 spiro atoms. The summed E-state index contributed by atoms with van der Waals surface area (Å²) in [4.78, 5) is 0.247. The standard InChI is InChI=1S/C13H18BrNO3S/c14-11-6-2-4-8-13(11)19(17,18)15-12-7-3-1-5-10(12)9-16/h2,4,6,8,10,12,15-16H,1,3,5,7,9H2/t10-,12-/m1/s1. The molecule has 1 aromatic rings. The second-order valence-corrected chi connectivity index (χ2v) is 7.42. The fourth-order valence-corrected chi connectivity index (χ4v) is 4.85. The van der Waals surface area contributed by atoms with Crippen LogP contribution in [0.25, 0.3) is 0 Å². The van der Waals surface area contributed by atoms with Crippen LogP contribution in [0.1, 0.15) is 25.7 Å². The molecule has 19 heavy (non-hydrogen) atoms. The van der Waals surface area contributed by atoms with Crippen molar-refractivity contribution in [1.82, 2.24) is 4.72 Å². The first-order valence-corrected chi connectivity index (χ1v) is 8.70. The minimum absolute atomic E-state index is 0.0195. The summed E-state index contributed by atoms with van der Waals surface area (Å²) in [5, 5.41) is 9.34. The van der Waals surface area contributed by atoms with Gasteiger partial charge in [0.05, 0.1) is 4.90 Å². The number of sulfonamides is 1. The van der Waals surface area contributed by atoms with Crippen LogP contribution in [0.2, 0.25) is 0 Å². The van der Waals surface area contributed by atoms with Gasteiger partial charge in [0, 0.05) is 17.1 Å². The van der Waals surface area contributed by atoms with Crippen LogP contribution in [-0.4, -0.2) is 26.2 Å². The molecule has 1 saturated carbocycles. The number of rotatable bonds is 4. The van der Waals surface area contributed by atoms with Crippen molar-refractivity contribution >= 4 is 26.0 Å². The zero-order valence-electron chi connectivity index (χ0n) is 10.5. The molecule has 1 aliphatic carbocycles. The van der Waals surface area contributed by atoms with Gasteiger partial charge in [-0.05, 0) is 46.8 Å². The van der Waals surface area contributed by atoms with E-state index >= 15 is 0 Å². The van der Waals surface area contributed by atoms with Crippen molar-refractivity contribution in [3.63, 3.8) is 0 Å². The van der Waals surface area contributed by atoms with Gasteiger partial charge in [-0.2, -0.15) is 0 Å². The lowest BCUT2D eigenvalue weighted by Gasteiger charge is -2.30. The first-order valence-electron chi connectivity index (χ1n) is 6.42. The van der Waals surface area contributed by atoms with Gasteiger partial charge in [-0.25, -0.2) is 13.1 Å². The van der Waals surface area contributed by atoms with Crippen molar-refractivity contribution < 1.29 is 13.5 Å². The summed E-state index contributed by atoms with van der Waals surface area (Å²) in [6.07, 6.45) is 3.71. The van der Waals surface area contributed by atoms with Gasteiger partial charge in [-0.3, -0.25) is 0 Å². The lowest BCUT2D eigenvalue weighted by molar-refractivity contribution is 0.164. The average Bonchev–Trinajstić information content (AvgIpc) is 2.39. The predicted octanol–water partition coefficient (Wildman–Crippen LogP) is 2.28. The third kappa shape index (κ3) is 3.56. The molecule has 0 aromatic heterocycles. The number of nitrogens with one attached hydrogen (secondary N) is 1. The molecule has 0 unspecified atom stereocenters. The second kappa shape index (κ2) is 6.35. The summed E-state index contributed by atoms with van der Waals surface area (Å²) in [6.45, 7) is 0.0309. The van der Waals surface area contributed by atoms with Crippen LogP contribution >= 0.6 is 15.9 Å². The van der Waals surface area contributed by atoms with Gasteiger partial charge in [0.25, 0.3) is 0 Å². The Hall–Kier alpha value is -0.430. The fraction of sp³-hybridized carbons (Fsp3) is 0.538. The van der Waals surface area contributed by atoms with E-state index in [4.69, 9.17) is 0 Å². The van der Waals surface area contributed by atoms with Gasteiger partial charge in [0.1, 0.15) is 0 Å². The third-order valence-corrected chi connectivity index (χ3v) is 6.08. The first-order chi connectivity index (χ1) is 9.04. The lowest BCUT2D eigenvalue weighted by atomic mass is 9.86. The van der Waals surface area contributed by atoms with Gasteiger partial charge >= 0.3 is 0 Å². The van der Waals surface area contributed by atoms with Crippen LogP contribution in [-0.2, 0) is 10.0 Å². The molecule has 0 amide bonds. The molecular weight excluding hydrogens is 330 g/mol. The highest BCUT2D eigenvalue weighted by Gasteiger charge is 2.29. The lowest BCUT2D eigenvalue weighted by Crippen LogP contribution is -2.43. The van der Waals surface area contributed by atoms with Gasteiger partial charge in [0.15, 0.2) is 0 Å². The molecule has 1 aromatic carbocycles. The van der Waals surface area contributed by atoms with Gasteiger partial charge in [0.2, 0.25) is 10.0 Å². The SMILES string of the molecule is O=S(=O)(N[C@@H]1CCCC[C@@H]1CO)c1ccccc1Br. The van der Waals surface area contributed by atoms with Crippen molar-refractivity contribution in [1.29, 1.82) is 0 Å². The maximum absolute atomic E-state index is 12.4. The van der Waals surface area contributed by atoms with Crippen molar-refractivity contribution in [2.75, 3.05) is 6.61 Å². The molecule has 2 rings (SSSR count). The Morgan fingerprint density at radius 3 is 2.63 bits per heavy atom. The van der Waals surface area contributed by atoms with Crippen molar-refractivity contribution in [3.05, 3.63) is 28.7 Å². The Morgan fingerprint density at radius 1 is 1.26 bits per heavy atom. The molecule has 6 heteroatoms. The maximum Gasteiger partial charge on any atom is 0.241 e. The Morgan fingerprint density at radius 2 is 1.95 bits per heavy atom. The molecule has 0 heterocycles. The average molecular weight is 348 g/mol. The normalized spacial score (nSPS) is 24.3. The highest BCUT2D eigenvalue weighted by Crippen LogP contribution is 2.27. The molecule has 0 aliphatic heterocycles. The third-order valence-electron chi connectivity index (χ3n) is 3.58. The summed E-state index contributed by atoms with van der Waals surface area (Å²) in [7, 11) is -3.54. The first kappa shape index (κ1) is 15.0. The number of halogens is 1. The largest absolute Gasteiger partial charge is 0.396 e. The highest BCUT2D eigenvalue weighted by molar-refractivity contribution is 9.10. The molecule has 4 nitrogen and oxygen atoms in total. The van der Waals surface area contributed by atoms with E-state index in [1.54, 1.807) is 24.3 Å². The van der Waals surface area contributed by atoms with Crippen LogP contribution in [0.15, 0.2) is 33.6 Å². The van der Waals surface area contributed by atoms with Crippen molar-refractivity contribution in [2.45, 2.75) is 36.6 Å². The van der Waals surface area contributed by atoms with Crippen LogP contribution in [0.4, 0.5) is 0 Å². The van der Waals surface area contributed by atoms with Gasteiger partial charge in [-0.15, -0.1) is 0 Å². The summed E-state index contributed by atoms with van der Waals surface area (Å²) in [5.74, 6) is 0.0195. The molecular formula is C13H18BrNO3S. The Labute approximate surface area is 122 Å². The summed E-state index contributed by atoms with van der Waals surface area (Å²) < 4.78 is 28.0. The van der Waals surface area contributed by atoms with E-state index in [1.165, 1.54) is 0 Å². The fourth-order valence-electron chi connectivity index (χ4n) is 2.51. The summed E-state index contributed by atoms with van der Waals surface area (Å²) in [6, 6.07) is 6.59. The Balaban J connectivity index is 2.19. The Bertz CT molecular complexity index is 532. The zero-order valence-corrected chi connectivity index (χ0v) is 13.0. The molecule has 1 fully saturated rings. The number of benzene rings is 1. The quantitative estimate of drug-likeness (QED) is 0.877. The Kier molecular flexibility index (Phi) is 5.00. The molecule has 2 atom stereocenters. The maximum atomic E-state index is 12.4. The van der Waals surface area contributed by atoms with Crippen LogP contribution < -0.4 is 4.72 Å². The van der Waals surface area contributed by atoms with E-state index in [0.717, 1.165) is 25.7 Å². The van der Waals surface area contributed by atoms with Gasteiger partial charge in [-0.1, -0.05) is 25.0 Å². The minimum Gasteiger partial charge on any atom is -0.396 e. The zero-order chi connectivity index (χ0) is 13.9. The van der Waals surface area contributed by atoms with Crippen LogP contribution in [0.5, 0.6) is 0 Å². The molecule has 106 valence electrons.